The molecule has 1 atom stereocenters. The van der Waals surface area contributed by atoms with E-state index in [9.17, 15) is 4.79 Å². The van der Waals surface area contributed by atoms with Crippen molar-refractivity contribution in [1.82, 2.24) is 4.90 Å². The van der Waals surface area contributed by atoms with Crippen molar-refractivity contribution in [2.75, 3.05) is 31.6 Å². The molecule has 0 radical (unpaired) electrons. The molecule has 5 nitrogen and oxygen atoms in total. The second-order valence-corrected chi connectivity index (χ2v) is 7.05. The lowest BCUT2D eigenvalue weighted by atomic mass is 9.68. The zero-order valence-electron chi connectivity index (χ0n) is 13.4. The highest BCUT2D eigenvalue weighted by atomic mass is 16.5. The predicted octanol–water partition coefficient (Wildman–Crippen LogP) is 3.26. The van der Waals surface area contributed by atoms with Crippen LogP contribution in [0, 0.1) is 5.41 Å². The lowest BCUT2D eigenvalue weighted by molar-refractivity contribution is 0.141. The third-order valence-corrected chi connectivity index (χ3v) is 5.45. The van der Waals surface area contributed by atoms with Crippen LogP contribution >= 0.6 is 0 Å². The molecular formula is C18H24N2O3. The van der Waals surface area contributed by atoms with Crippen molar-refractivity contribution in [1.29, 1.82) is 0 Å². The van der Waals surface area contributed by atoms with Gasteiger partial charge in [0.1, 0.15) is 11.9 Å². The van der Waals surface area contributed by atoms with Gasteiger partial charge in [0.15, 0.2) is 0 Å². The number of likely N-dealkylation sites (tertiary alicyclic amines) is 1. The van der Waals surface area contributed by atoms with Crippen molar-refractivity contribution in [3.63, 3.8) is 0 Å². The van der Waals surface area contributed by atoms with Crippen LogP contribution in [-0.2, 0) is 4.74 Å². The van der Waals surface area contributed by atoms with Crippen molar-refractivity contribution < 1.29 is 14.3 Å². The van der Waals surface area contributed by atoms with Gasteiger partial charge >= 0.3 is 6.03 Å². The number of carbonyl (C=O) groups is 1. The van der Waals surface area contributed by atoms with E-state index in [1.54, 1.807) is 0 Å². The minimum Gasteiger partial charge on any atom is -0.486 e. The Morgan fingerprint density at radius 1 is 1.30 bits per heavy atom. The average molecular weight is 316 g/mol. The molecule has 1 aromatic carbocycles. The Labute approximate surface area is 136 Å². The molecular weight excluding hydrogens is 292 g/mol. The zero-order valence-corrected chi connectivity index (χ0v) is 13.4. The van der Waals surface area contributed by atoms with Crippen molar-refractivity contribution in [3.8, 4) is 5.75 Å². The summed E-state index contributed by atoms with van der Waals surface area (Å²) in [5.74, 6) is 0.730. The van der Waals surface area contributed by atoms with Gasteiger partial charge in [0.25, 0.3) is 0 Å². The molecule has 1 unspecified atom stereocenters. The van der Waals surface area contributed by atoms with E-state index in [1.807, 2.05) is 29.2 Å². The van der Waals surface area contributed by atoms with E-state index in [0.29, 0.717) is 12.0 Å². The first-order valence-corrected chi connectivity index (χ1v) is 8.64. The lowest BCUT2D eigenvalue weighted by Crippen LogP contribution is -2.38. The van der Waals surface area contributed by atoms with Gasteiger partial charge in [-0.2, -0.15) is 0 Å². The van der Waals surface area contributed by atoms with Crippen molar-refractivity contribution in [2.24, 2.45) is 5.41 Å². The average Bonchev–Trinajstić information content (AvgIpc) is 3.18. The van der Waals surface area contributed by atoms with Gasteiger partial charge in [-0.05, 0) is 36.8 Å². The lowest BCUT2D eigenvalue weighted by Gasteiger charge is -2.37. The molecule has 1 spiro atoms. The molecule has 124 valence electrons. The van der Waals surface area contributed by atoms with Crippen LogP contribution in [0.4, 0.5) is 10.5 Å². The third-order valence-electron chi connectivity index (χ3n) is 5.45. The number of urea groups is 1. The zero-order chi connectivity index (χ0) is 15.7. The van der Waals surface area contributed by atoms with Crippen LogP contribution in [0.3, 0.4) is 0 Å². The summed E-state index contributed by atoms with van der Waals surface area (Å²) in [6.07, 6.45) is 6.00. The van der Waals surface area contributed by atoms with Gasteiger partial charge in [-0.3, -0.25) is 0 Å². The molecule has 23 heavy (non-hydrogen) atoms. The number of anilines is 1. The molecule has 1 aliphatic carbocycles. The molecule has 3 aliphatic rings. The minimum atomic E-state index is -0.00695. The quantitative estimate of drug-likeness (QED) is 0.931. The van der Waals surface area contributed by atoms with E-state index in [4.69, 9.17) is 9.47 Å². The standard InChI is InChI=1S/C18H24N2O3/c21-17(20-10-9-18(13-20)7-3-8-18)19-15-4-1-2-5-16(15)23-14-6-11-22-12-14/h1-2,4-5,14H,3,6-13H2,(H,19,21). The SMILES string of the molecule is O=C(Nc1ccccc1OC1CCOC1)N1CCC2(CCC2)C1. The summed E-state index contributed by atoms with van der Waals surface area (Å²) in [5.41, 5.74) is 1.17. The maximum atomic E-state index is 12.6. The predicted molar refractivity (Wildman–Crippen MR) is 87.8 cm³/mol. The van der Waals surface area contributed by atoms with Gasteiger partial charge in [-0.25, -0.2) is 4.79 Å². The number of nitrogens with zero attached hydrogens (tertiary/aromatic N) is 1. The van der Waals surface area contributed by atoms with E-state index >= 15 is 0 Å². The fraction of sp³-hybridized carbons (Fsp3) is 0.611. The Morgan fingerprint density at radius 2 is 2.17 bits per heavy atom. The normalized spacial score (nSPS) is 25.4. The molecule has 2 saturated heterocycles. The highest BCUT2D eigenvalue weighted by molar-refractivity contribution is 5.91. The topological polar surface area (TPSA) is 50.8 Å². The Kier molecular flexibility index (Phi) is 3.89. The van der Waals surface area contributed by atoms with Gasteiger partial charge in [0.05, 0.1) is 18.9 Å². The molecule has 2 aliphatic heterocycles. The van der Waals surface area contributed by atoms with Crippen molar-refractivity contribution >= 4 is 11.7 Å². The monoisotopic (exact) mass is 316 g/mol. The summed E-state index contributed by atoms with van der Waals surface area (Å²) in [7, 11) is 0. The second kappa shape index (κ2) is 6.04. The smallest absolute Gasteiger partial charge is 0.321 e. The fourth-order valence-electron chi connectivity index (χ4n) is 3.85. The van der Waals surface area contributed by atoms with Gasteiger partial charge in [0, 0.05) is 19.5 Å². The van der Waals surface area contributed by atoms with E-state index in [1.165, 1.54) is 19.3 Å². The number of para-hydroxylation sites is 2. The summed E-state index contributed by atoms with van der Waals surface area (Å²) in [4.78, 5) is 14.5. The summed E-state index contributed by atoms with van der Waals surface area (Å²) in [6, 6.07) is 7.65. The Morgan fingerprint density at radius 3 is 2.87 bits per heavy atom. The largest absolute Gasteiger partial charge is 0.486 e. The van der Waals surface area contributed by atoms with Crippen molar-refractivity contribution in [3.05, 3.63) is 24.3 Å². The molecule has 1 saturated carbocycles. The Hall–Kier alpha value is -1.75. The van der Waals surface area contributed by atoms with Crippen LogP contribution in [0.5, 0.6) is 5.75 Å². The number of benzene rings is 1. The summed E-state index contributed by atoms with van der Waals surface area (Å²) >= 11 is 0. The minimum absolute atomic E-state index is 0.00695. The van der Waals surface area contributed by atoms with E-state index in [2.05, 4.69) is 5.32 Å². The van der Waals surface area contributed by atoms with Gasteiger partial charge in [-0.1, -0.05) is 18.6 Å². The highest BCUT2D eigenvalue weighted by Gasteiger charge is 2.44. The molecule has 5 heteroatoms. The van der Waals surface area contributed by atoms with Gasteiger partial charge < -0.3 is 19.7 Å². The molecule has 2 amide bonds. The molecule has 4 rings (SSSR count). The first kappa shape index (κ1) is 14.8. The third kappa shape index (κ3) is 3.02. The first-order valence-electron chi connectivity index (χ1n) is 8.64. The van der Waals surface area contributed by atoms with E-state index in [-0.39, 0.29) is 12.1 Å². The number of ether oxygens (including phenoxy) is 2. The maximum Gasteiger partial charge on any atom is 0.321 e. The second-order valence-electron chi connectivity index (χ2n) is 7.05. The van der Waals surface area contributed by atoms with Crippen LogP contribution in [0.2, 0.25) is 0 Å². The van der Waals surface area contributed by atoms with E-state index in [0.717, 1.165) is 44.0 Å². The Bertz CT molecular complexity index is 579. The number of hydrogen-bond acceptors (Lipinski definition) is 3. The van der Waals surface area contributed by atoms with Gasteiger partial charge in [-0.15, -0.1) is 0 Å². The first-order chi connectivity index (χ1) is 11.2. The highest BCUT2D eigenvalue weighted by Crippen LogP contribution is 2.48. The molecule has 1 aromatic rings. The molecule has 1 N–H and O–H groups in total. The van der Waals surface area contributed by atoms with E-state index < -0.39 is 0 Å². The van der Waals surface area contributed by atoms with Crippen LogP contribution in [0.25, 0.3) is 0 Å². The Balaban J connectivity index is 1.40. The van der Waals surface area contributed by atoms with Crippen LogP contribution in [0.1, 0.15) is 32.1 Å². The summed E-state index contributed by atoms with van der Waals surface area (Å²) < 4.78 is 11.3. The summed E-state index contributed by atoms with van der Waals surface area (Å²) in [6.45, 7) is 3.13. The number of nitrogens with one attached hydrogen (secondary N) is 1. The van der Waals surface area contributed by atoms with Crippen LogP contribution < -0.4 is 10.1 Å². The van der Waals surface area contributed by atoms with Crippen LogP contribution in [-0.4, -0.2) is 43.3 Å². The molecule has 3 fully saturated rings. The van der Waals surface area contributed by atoms with Crippen molar-refractivity contribution in [2.45, 2.75) is 38.2 Å². The molecule has 2 heterocycles. The van der Waals surface area contributed by atoms with Gasteiger partial charge in [0.2, 0.25) is 0 Å². The fourth-order valence-corrected chi connectivity index (χ4v) is 3.85. The summed E-state index contributed by atoms with van der Waals surface area (Å²) in [5, 5.41) is 3.03. The number of rotatable bonds is 3. The number of hydrogen-bond donors (Lipinski definition) is 1. The molecule has 0 aromatic heterocycles. The van der Waals surface area contributed by atoms with Crippen LogP contribution in [0.15, 0.2) is 24.3 Å². The molecule has 0 bridgehead atoms. The number of carbonyl (C=O) groups excluding carboxylic acids is 1. The number of amides is 2. The maximum absolute atomic E-state index is 12.6.